The van der Waals surface area contributed by atoms with Crippen LogP contribution < -0.4 is 0 Å². The van der Waals surface area contributed by atoms with Crippen molar-refractivity contribution >= 4 is 59.2 Å². The fraction of sp³-hybridized carbons (Fsp3) is 1.00. The first-order chi connectivity index (χ1) is 7.26. The molecule has 0 spiro atoms. The molecule has 1 unspecified atom stereocenters. The Morgan fingerprint density at radius 3 is 2.06 bits per heavy atom. The minimum Gasteiger partial charge on any atom is -0.394 e. The van der Waals surface area contributed by atoms with Crippen LogP contribution in [0.5, 0.6) is 0 Å². The molecule has 0 aromatic heterocycles. The average Bonchev–Trinajstić information content (AvgIpc) is 2.17. The monoisotopic (exact) mass is 299 g/mol. The molecule has 1 rings (SSSR count). The molecule has 0 saturated carbocycles. The molecule has 0 aromatic carbocycles. The van der Waals surface area contributed by atoms with Gasteiger partial charge in [-0.3, -0.25) is 4.52 Å². The second kappa shape index (κ2) is 7.36. The molecule has 11 heteroatoms. The minimum atomic E-state index is -4.91. The number of phosphoric ester groups is 1. The molecule has 1 aliphatic rings. The third-order valence-electron chi connectivity index (χ3n) is 2.09. The normalized spacial score (nSPS) is 38.6. The van der Waals surface area contributed by atoms with Gasteiger partial charge in [0.1, 0.15) is 24.4 Å². The van der Waals surface area contributed by atoms with Crippen LogP contribution in [0.25, 0.3) is 0 Å². The Bertz CT molecular complexity index is 281. The molecule has 17 heavy (non-hydrogen) atoms. The van der Waals surface area contributed by atoms with E-state index in [4.69, 9.17) is 14.9 Å². The van der Waals surface area contributed by atoms with Gasteiger partial charge in [0.05, 0.1) is 6.61 Å². The van der Waals surface area contributed by atoms with Gasteiger partial charge < -0.3 is 34.9 Å². The zero-order chi connectivity index (χ0) is 12.5. The Hall–Kier alpha value is 1.55. The molecule has 1 heterocycles. The first-order valence-corrected chi connectivity index (χ1v) is 5.83. The maximum atomic E-state index is 10.5. The van der Waals surface area contributed by atoms with Crippen molar-refractivity contribution < 1.29 is 44.0 Å². The predicted molar refractivity (Wildman–Crippen MR) is 52.7 cm³/mol. The summed E-state index contributed by atoms with van der Waals surface area (Å²) in [7, 11) is -4.91. The number of hydrogen-bond acceptors (Lipinski definition) is 7. The predicted octanol–water partition coefficient (Wildman–Crippen LogP) is -3.49. The molecule has 1 saturated heterocycles. The first-order valence-electron chi connectivity index (χ1n) is 4.30. The molecule has 0 aromatic rings. The van der Waals surface area contributed by atoms with Crippen LogP contribution in [0.3, 0.4) is 0 Å². The van der Waals surface area contributed by atoms with Crippen molar-refractivity contribution in [2.24, 2.45) is 0 Å². The van der Waals surface area contributed by atoms with E-state index in [1.165, 1.54) is 0 Å². The van der Waals surface area contributed by atoms with E-state index < -0.39 is 45.1 Å². The summed E-state index contributed by atoms with van der Waals surface area (Å²) in [4.78, 5) is 17.0. The van der Waals surface area contributed by atoms with Gasteiger partial charge in [0, 0.05) is 51.4 Å². The third kappa shape index (κ3) is 5.20. The van der Waals surface area contributed by atoms with Crippen molar-refractivity contribution in [1.29, 1.82) is 0 Å². The van der Waals surface area contributed by atoms with E-state index in [1.807, 2.05) is 0 Å². The second-order valence-electron chi connectivity index (χ2n) is 3.29. The summed E-state index contributed by atoms with van der Waals surface area (Å²) in [6, 6.07) is 0. The summed E-state index contributed by atoms with van der Waals surface area (Å²) in [5.74, 6) is 0. The van der Waals surface area contributed by atoms with E-state index >= 15 is 0 Å². The smallest absolute Gasteiger partial charge is 0.394 e. The molecule has 1 aliphatic heterocycles. The summed E-state index contributed by atoms with van der Waals surface area (Å²) in [6.45, 7) is -0.702. The van der Waals surface area contributed by atoms with Gasteiger partial charge in [-0.25, -0.2) is 4.57 Å². The van der Waals surface area contributed by atoms with Crippen LogP contribution in [0.1, 0.15) is 0 Å². The number of rotatable bonds is 3. The second-order valence-corrected chi connectivity index (χ2v) is 4.49. The van der Waals surface area contributed by atoms with E-state index in [1.54, 1.807) is 0 Å². The van der Waals surface area contributed by atoms with Crippen LogP contribution in [0, 0.1) is 0 Å². The van der Waals surface area contributed by atoms with Crippen LogP contribution in [-0.4, -0.2) is 119 Å². The van der Waals surface area contributed by atoms with Crippen molar-refractivity contribution in [2.45, 2.75) is 30.7 Å². The number of phosphoric acid groups is 1. The zero-order valence-electron chi connectivity index (χ0n) is 8.95. The molecular weight excluding hydrogens is 286 g/mol. The maximum Gasteiger partial charge on any atom is 0.472 e. The topological polar surface area (TPSA) is 157 Å². The van der Waals surface area contributed by atoms with Gasteiger partial charge in [0.15, 0.2) is 6.29 Å². The summed E-state index contributed by atoms with van der Waals surface area (Å²) in [5.41, 5.74) is 0. The number of aliphatic hydroxyl groups is 4. The SMILES string of the molecule is O=P(O)(O)OC1O[C@H](CO)[C@@H](O)[C@H](O)[C@H]1O.[K]. The van der Waals surface area contributed by atoms with Gasteiger partial charge in [-0.2, -0.15) is 0 Å². The molecule has 9 nitrogen and oxygen atoms in total. The van der Waals surface area contributed by atoms with E-state index in [0.29, 0.717) is 0 Å². The van der Waals surface area contributed by atoms with Gasteiger partial charge in [0.25, 0.3) is 0 Å². The van der Waals surface area contributed by atoms with Gasteiger partial charge in [-0.05, 0) is 0 Å². The molecule has 6 N–H and O–H groups in total. The number of aliphatic hydroxyl groups excluding tert-OH is 4. The minimum absolute atomic E-state index is 0. The number of ether oxygens (including phenoxy) is 1. The zero-order valence-corrected chi connectivity index (χ0v) is 13.0. The molecule has 1 radical (unpaired) electrons. The Morgan fingerprint density at radius 2 is 1.65 bits per heavy atom. The van der Waals surface area contributed by atoms with Crippen LogP contribution in [0.2, 0.25) is 0 Å². The fourth-order valence-corrected chi connectivity index (χ4v) is 1.73. The fourth-order valence-electron chi connectivity index (χ4n) is 1.29. The van der Waals surface area contributed by atoms with Crippen molar-refractivity contribution in [3.63, 3.8) is 0 Å². The largest absolute Gasteiger partial charge is 0.472 e. The van der Waals surface area contributed by atoms with Crippen LogP contribution >= 0.6 is 7.82 Å². The van der Waals surface area contributed by atoms with Gasteiger partial charge in [-0.15, -0.1) is 0 Å². The number of hydrogen-bond donors (Lipinski definition) is 6. The van der Waals surface area contributed by atoms with Crippen molar-refractivity contribution in [3.8, 4) is 0 Å². The summed E-state index contributed by atoms with van der Waals surface area (Å²) < 4.78 is 19.2. The van der Waals surface area contributed by atoms with E-state index in [0.717, 1.165) is 0 Å². The van der Waals surface area contributed by atoms with Crippen molar-refractivity contribution in [2.75, 3.05) is 6.61 Å². The van der Waals surface area contributed by atoms with E-state index in [2.05, 4.69) is 9.26 Å². The summed E-state index contributed by atoms with van der Waals surface area (Å²) in [6.07, 6.45) is -8.25. The molecule has 97 valence electrons. The van der Waals surface area contributed by atoms with Crippen molar-refractivity contribution in [1.82, 2.24) is 0 Å². The van der Waals surface area contributed by atoms with Crippen molar-refractivity contribution in [3.05, 3.63) is 0 Å². The van der Waals surface area contributed by atoms with Crippen LogP contribution in [0.15, 0.2) is 0 Å². The maximum absolute atomic E-state index is 10.5. The Labute approximate surface area is 139 Å². The molecule has 1 fully saturated rings. The van der Waals surface area contributed by atoms with Crippen LogP contribution in [-0.2, 0) is 13.8 Å². The van der Waals surface area contributed by atoms with Crippen LogP contribution in [0.4, 0.5) is 0 Å². The summed E-state index contributed by atoms with van der Waals surface area (Å²) >= 11 is 0. The Morgan fingerprint density at radius 1 is 1.12 bits per heavy atom. The molecule has 0 aliphatic carbocycles. The molecule has 0 bridgehead atoms. The average molecular weight is 299 g/mol. The quantitative estimate of drug-likeness (QED) is 0.230. The third-order valence-corrected chi connectivity index (χ3v) is 2.57. The molecule has 5 atom stereocenters. The Kier molecular flexibility index (Phi) is 8.03. The molecule has 0 amide bonds. The van der Waals surface area contributed by atoms with E-state index in [9.17, 15) is 19.9 Å². The van der Waals surface area contributed by atoms with E-state index in [-0.39, 0.29) is 51.4 Å². The first kappa shape index (κ1) is 18.5. The Balaban J connectivity index is 0.00000256. The summed E-state index contributed by atoms with van der Waals surface area (Å²) in [5, 5.41) is 36.6. The van der Waals surface area contributed by atoms with Gasteiger partial charge in [0.2, 0.25) is 0 Å². The van der Waals surface area contributed by atoms with Gasteiger partial charge >= 0.3 is 7.82 Å². The standard InChI is InChI=1S/C6H13O9P.K/c7-1-2-3(8)4(9)5(10)6(14-2)15-16(11,12)13;/h2-10H,1H2,(H2,11,12,13);/t2-,3-,4+,5-,6?;/m1./s1. The molecular formula is C6H13KO9P. The van der Waals surface area contributed by atoms with Gasteiger partial charge in [-0.1, -0.05) is 0 Å².